The molecule has 0 saturated carbocycles. The van der Waals surface area contributed by atoms with Crippen molar-refractivity contribution < 1.29 is 19.1 Å². The molecule has 1 aromatic rings. The smallest absolute Gasteiger partial charge is 0.236 e. The summed E-state index contributed by atoms with van der Waals surface area (Å²) in [6, 6.07) is 8.47. The van der Waals surface area contributed by atoms with E-state index in [0.29, 0.717) is 45.2 Å². The maximum absolute atomic E-state index is 13.5. The van der Waals surface area contributed by atoms with Crippen molar-refractivity contribution in [1.82, 2.24) is 14.7 Å². The Morgan fingerprint density at radius 1 is 1.09 bits per heavy atom. The van der Waals surface area contributed by atoms with Gasteiger partial charge in [0.15, 0.2) is 0 Å². The third kappa shape index (κ3) is 6.64. The summed E-state index contributed by atoms with van der Waals surface area (Å²) in [6.07, 6.45) is 7.52. The molecule has 7 nitrogen and oxygen atoms in total. The number of fused-ring (bicyclic) bond motifs is 3. The Labute approximate surface area is 210 Å². The Balaban J connectivity index is 1.55. The number of ether oxygens (including phenoxy) is 2. The van der Waals surface area contributed by atoms with Crippen molar-refractivity contribution in [3.63, 3.8) is 0 Å². The van der Waals surface area contributed by atoms with Crippen molar-refractivity contribution >= 4 is 11.8 Å². The second kappa shape index (κ2) is 12.5. The fourth-order valence-corrected chi connectivity index (χ4v) is 5.66. The summed E-state index contributed by atoms with van der Waals surface area (Å²) < 4.78 is 11.8. The highest BCUT2D eigenvalue weighted by atomic mass is 16.5. The normalized spacial score (nSPS) is 25.4. The van der Waals surface area contributed by atoms with Gasteiger partial charge in [-0.2, -0.15) is 0 Å². The van der Waals surface area contributed by atoms with E-state index in [2.05, 4.69) is 23.1 Å². The van der Waals surface area contributed by atoms with Crippen LogP contribution in [0.25, 0.3) is 0 Å². The number of amides is 2. The predicted molar refractivity (Wildman–Crippen MR) is 136 cm³/mol. The molecule has 3 heterocycles. The molecule has 0 spiro atoms. The average Bonchev–Trinajstić information content (AvgIpc) is 2.89. The highest BCUT2D eigenvalue weighted by Gasteiger charge is 2.34. The van der Waals surface area contributed by atoms with Gasteiger partial charge in [-0.05, 0) is 51.0 Å². The zero-order chi connectivity index (χ0) is 24.6. The van der Waals surface area contributed by atoms with Crippen LogP contribution in [-0.2, 0) is 20.9 Å². The molecule has 0 N–H and O–H groups in total. The molecule has 2 atom stereocenters. The molecule has 2 bridgehead atoms. The summed E-state index contributed by atoms with van der Waals surface area (Å²) in [6.45, 7) is 9.97. The number of carbonyl (C=O) groups is 2. The van der Waals surface area contributed by atoms with E-state index in [4.69, 9.17) is 9.47 Å². The molecule has 192 valence electrons. The van der Waals surface area contributed by atoms with E-state index in [0.717, 1.165) is 56.9 Å². The van der Waals surface area contributed by atoms with Crippen molar-refractivity contribution in [1.29, 1.82) is 0 Å². The molecular weight excluding hydrogens is 442 g/mol. The molecular formula is C28H41N3O4. The van der Waals surface area contributed by atoms with Gasteiger partial charge in [-0.1, -0.05) is 30.4 Å². The monoisotopic (exact) mass is 483 g/mol. The fourth-order valence-electron chi connectivity index (χ4n) is 5.66. The van der Waals surface area contributed by atoms with Crippen molar-refractivity contribution in [3.05, 3.63) is 42.0 Å². The van der Waals surface area contributed by atoms with Gasteiger partial charge < -0.3 is 19.3 Å². The highest BCUT2D eigenvalue weighted by Crippen LogP contribution is 2.30. The van der Waals surface area contributed by atoms with Crippen LogP contribution in [0.5, 0.6) is 5.75 Å². The number of para-hydroxylation sites is 1. The Kier molecular flexibility index (Phi) is 9.21. The molecule has 3 aliphatic rings. The first kappa shape index (κ1) is 25.7. The van der Waals surface area contributed by atoms with Crippen LogP contribution in [0.2, 0.25) is 0 Å². The summed E-state index contributed by atoms with van der Waals surface area (Å²) >= 11 is 0. The topological polar surface area (TPSA) is 62.3 Å². The number of piperidine rings is 1. The fraction of sp³-hybridized carbons (Fsp3) is 0.643. The Hall–Kier alpha value is -2.38. The summed E-state index contributed by atoms with van der Waals surface area (Å²) in [4.78, 5) is 32.7. The first-order chi connectivity index (χ1) is 17.1. The molecule has 2 saturated heterocycles. The van der Waals surface area contributed by atoms with Gasteiger partial charge in [-0.15, -0.1) is 0 Å². The molecule has 0 aromatic heterocycles. The molecule has 7 heteroatoms. The van der Waals surface area contributed by atoms with Crippen LogP contribution in [0.15, 0.2) is 36.4 Å². The van der Waals surface area contributed by atoms with E-state index in [1.165, 1.54) is 0 Å². The highest BCUT2D eigenvalue weighted by molar-refractivity contribution is 5.79. The second-order valence-corrected chi connectivity index (χ2v) is 9.92. The van der Waals surface area contributed by atoms with Gasteiger partial charge in [0.2, 0.25) is 11.8 Å². The molecule has 4 rings (SSSR count). The minimum absolute atomic E-state index is 0.156. The van der Waals surface area contributed by atoms with Crippen LogP contribution in [0, 0.1) is 11.8 Å². The number of benzene rings is 1. The molecule has 3 aliphatic heterocycles. The first-order valence-electron chi connectivity index (χ1n) is 13.3. The number of hydrogen-bond acceptors (Lipinski definition) is 5. The predicted octanol–water partition coefficient (Wildman–Crippen LogP) is 3.34. The standard InChI is InChI=1S/C28H41N3O4/c1-3-29(4-2)27(32)18-22-11-14-30-19-23(22)9-7-15-35-26-10-6-5-8-24(26)20-31(21-28(30)33)25-12-16-34-17-13-25/h5-10,22-23,25H,3-4,11-21H2,1-2H3/b9-7+/t22-,23-/m0/s1. The third-order valence-corrected chi connectivity index (χ3v) is 7.82. The summed E-state index contributed by atoms with van der Waals surface area (Å²) in [5.74, 6) is 1.67. The number of rotatable bonds is 5. The molecule has 2 fully saturated rings. The van der Waals surface area contributed by atoms with Gasteiger partial charge >= 0.3 is 0 Å². The van der Waals surface area contributed by atoms with Gasteiger partial charge in [0.1, 0.15) is 12.4 Å². The lowest BCUT2D eigenvalue weighted by molar-refractivity contribution is -0.137. The van der Waals surface area contributed by atoms with E-state index in [1.54, 1.807) is 0 Å². The van der Waals surface area contributed by atoms with Crippen molar-refractivity contribution in [2.75, 3.05) is 52.5 Å². The minimum Gasteiger partial charge on any atom is -0.489 e. The zero-order valence-electron chi connectivity index (χ0n) is 21.4. The molecule has 0 unspecified atom stereocenters. The summed E-state index contributed by atoms with van der Waals surface area (Å²) in [5.41, 5.74) is 1.11. The van der Waals surface area contributed by atoms with E-state index in [1.807, 2.05) is 41.8 Å². The molecule has 0 radical (unpaired) electrons. The maximum Gasteiger partial charge on any atom is 0.236 e. The molecule has 2 amide bonds. The number of carbonyl (C=O) groups excluding carboxylic acids is 2. The lowest BCUT2D eigenvalue weighted by atomic mass is 9.82. The van der Waals surface area contributed by atoms with Crippen LogP contribution in [0.3, 0.4) is 0 Å². The van der Waals surface area contributed by atoms with Crippen LogP contribution in [0.4, 0.5) is 0 Å². The second-order valence-electron chi connectivity index (χ2n) is 9.92. The lowest BCUT2D eigenvalue weighted by Gasteiger charge is -2.40. The minimum atomic E-state index is 0.156. The van der Waals surface area contributed by atoms with Gasteiger partial charge in [0.05, 0.1) is 6.54 Å². The first-order valence-corrected chi connectivity index (χ1v) is 13.3. The largest absolute Gasteiger partial charge is 0.489 e. The SMILES string of the molecule is CCN(CC)C(=O)C[C@@H]1CCN2C[C@@H]1/C=C/COc1ccccc1CN(C1CCOCC1)CC2=O. The Bertz CT molecular complexity index is 879. The van der Waals surface area contributed by atoms with E-state index >= 15 is 0 Å². The van der Waals surface area contributed by atoms with Crippen LogP contribution in [-0.4, -0.2) is 85.1 Å². The molecule has 1 aromatic carbocycles. The summed E-state index contributed by atoms with van der Waals surface area (Å²) in [5, 5.41) is 0. The molecule has 35 heavy (non-hydrogen) atoms. The van der Waals surface area contributed by atoms with Gasteiger partial charge in [0.25, 0.3) is 0 Å². The van der Waals surface area contributed by atoms with Crippen LogP contribution >= 0.6 is 0 Å². The van der Waals surface area contributed by atoms with Crippen LogP contribution in [0.1, 0.15) is 45.1 Å². The Morgan fingerprint density at radius 3 is 2.63 bits per heavy atom. The van der Waals surface area contributed by atoms with Crippen molar-refractivity contribution in [3.8, 4) is 5.75 Å². The maximum atomic E-state index is 13.5. The summed E-state index contributed by atoms with van der Waals surface area (Å²) in [7, 11) is 0. The quantitative estimate of drug-likeness (QED) is 0.601. The van der Waals surface area contributed by atoms with Gasteiger partial charge in [-0.3, -0.25) is 14.5 Å². The van der Waals surface area contributed by atoms with E-state index in [-0.39, 0.29) is 23.7 Å². The number of nitrogens with zero attached hydrogens (tertiary/aromatic N) is 3. The van der Waals surface area contributed by atoms with E-state index in [9.17, 15) is 9.59 Å². The van der Waals surface area contributed by atoms with Crippen molar-refractivity contribution in [2.45, 2.75) is 52.1 Å². The lowest BCUT2D eigenvalue weighted by Crippen LogP contribution is -2.50. The average molecular weight is 484 g/mol. The van der Waals surface area contributed by atoms with Gasteiger partial charge in [0, 0.05) is 64.0 Å². The third-order valence-electron chi connectivity index (χ3n) is 7.82. The van der Waals surface area contributed by atoms with Crippen LogP contribution < -0.4 is 4.74 Å². The van der Waals surface area contributed by atoms with Gasteiger partial charge in [-0.25, -0.2) is 0 Å². The molecule has 0 aliphatic carbocycles. The number of hydrogen-bond donors (Lipinski definition) is 0. The zero-order valence-corrected chi connectivity index (χ0v) is 21.4. The van der Waals surface area contributed by atoms with Crippen molar-refractivity contribution in [2.24, 2.45) is 11.8 Å². The Morgan fingerprint density at radius 2 is 1.86 bits per heavy atom. The van der Waals surface area contributed by atoms with E-state index < -0.39 is 0 Å².